The van der Waals surface area contributed by atoms with Crippen LogP contribution in [0.2, 0.25) is 0 Å². The number of aromatic nitrogens is 1. The van der Waals surface area contributed by atoms with Crippen LogP contribution in [0, 0.1) is 11.2 Å². The maximum atomic E-state index is 13.4. The van der Waals surface area contributed by atoms with Gasteiger partial charge in [0, 0.05) is 37.3 Å². The second-order valence-electron chi connectivity index (χ2n) is 7.97. The standard InChI is InChI=1S/C22H26FN3O2/c1-22(21(28)26(2)3)11-5-8-18(13-22)25-20(27)16-9-10-19(24-14-16)15-6-4-7-17(23)12-15/h4,6-7,9-10,12,14,18H,5,8,11,13H2,1-3H3,(H,25,27). The SMILES string of the molecule is CN(C)C(=O)C1(C)CCCC(NC(=O)c2ccc(-c3cccc(F)c3)nc2)C1. The highest BCUT2D eigenvalue weighted by Gasteiger charge is 2.39. The first-order chi connectivity index (χ1) is 13.3. The molecule has 0 spiro atoms. The van der Waals surface area contributed by atoms with E-state index in [9.17, 15) is 14.0 Å². The molecule has 1 fully saturated rings. The average Bonchev–Trinajstić information content (AvgIpc) is 2.67. The number of rotatable bonds is 4. The number of hydrogen-bond donors (Lipinski definition) is 1. The van der Waals surface area contributed by atoms with Gasteiger partial charge in [-0.15, -0.1) is 0 Å². The molecule has 1 aliphatic carbocycles. The third kappa shape index (κ3) is 4.38. The van der Waals surface area contributed by atoms with Gasteiger partial charge in [-0.05, 0) is 43.5 Å². The van der Waals surface area contributed by atoms with E-state index in [4.69, 9.17) is 0 Å². The molecule has 148 valence electrons. The van der Waals surface area contributed by atoms with Crippen LogP contribution < -0.4 is 5.32 Å². The Morgan fingerprint density at radius 3 is 2.68 bits per heavy atom. The molecule has 2 aromatic rings. The lowest BCUT2D eigenvalue weighted by molar-refractivity contribution is -0.140. The third-order valence-electron chi connectivity index (χ3n) is 5.38. The molecule has 5 nitrogen and oxygen atoms in total. The number of benzene rings is 1. The van der Waals surface area contributed by atoms with E-state index in [0.29, 0.717) is 23.2 Å². The van der Waals surface area contributed by atoms with Crippen molar-refractivity contribution in [2.24, 2.45) is 5.41 Å². The van der Waals surface area contributed by atoms with Gasteiger partial charge in [0.05, 0.1) is 11.3 Å². The van der Waals surface area contributed by atoms with Crippen molar-refractivity contribution in [3.05, 3.63) is 54.0 Å². The summed E-state index contributed by atoms with van der Waals surface area (Å²) in [6.45, 7) is 1.98. The number of amides is 2. The van der Waals surface area contributed by atoms with E-state index in [1.54, 1.807) is 43.3 Å². The maximum Gasteiger partial charge on any atom is 0.253 e. The van der Waals surface area contributed by atoms with Gasteiger partial charge in [-0.25, -0.2) is 4.39 Å². The molecular formula is C22H26FN3O2. The fourth-order valence-corrected chi connectivity index (χ4v) is 3.96. The molecule has 1 aromatic heterocycles. The number of nitrogens with zero attached hydrogens (tertiary/aromatic N) is 2. The van der Waals surface area contributed by atoms with Crippen LogP contribution in [0.4, 0.5) is 4.39 Å². The monoisotopic (exact) mass is 383 g/mol. The van der Waals surface area contributed by atoms with Crippen LogP contribution in [0.25, 0.3) is 11.3 Å². The highest BCUT2D eigenvalue weighted by atomic mass is 19.1. The van der Waals surface area contributed by atoms with E-state index in [0.717, 1.165) is 19.3 Å². The minimum atomic E-state index is -0.445. The van der Waals surface area contributed by atoms with E-state index in [1.807, 2.05) is 6.92 Å². The summed E-state index contributed by atoms with van der Waals surface area (Å²) in [5.41, 5.74) is 1.28. The Bertz CT molecular complexity index is 866. The molecule has 0 bridgehead atoms. The fourth-order valence-electron chi connectivity index (χ4n) is 3.96. The van der Waals surface area contributed by atoms with Crippen molar-refractivity contribution in [2.75, 3.05) is 14.1 Å². The molecule has 1 saturated carbocycles. The number of pyridine rings is 1. The Morgan fingerprint density at radius 1 is 1.25 bits per heavy atom. The van der Waals surface area contributed by atoms with Gasteiger partial charge in [0.15, 0.2) is 0 Å². The van der Waals surface area contributed by atoms with E-state index < -0.39 is 5.41 Å². The van der Waals surface area contributed by atoms with Crippen LogP contribution in [0.15, 0.2) is 42.6 Å². The highest BCUT2D eigenvalue weighted by Crippen LogP contribution is 2.37. The Balaban J connectivity index is 1.67. The average molecular weight is 383 g/mol. The molecule has 1 aliphatic rings. The van der Waals surface area contributed by atoms with E-state index in [-0.39, 0.29) is 23.7 Å². The molecular weight excluding hydrogens is 357 g/mol. The molecule has 3 rings (SSSR count). The molecule has 2 amide bonds. The lowest BCUT2D eigenvalue weighted by Gasteiger charge is -2.38. The molecule has 2 atom stereocenters. The summed E-state index contributed by atoms with van der Waals surface area (Å²) in [6, 6.07) is 9.55. The molecule has 0 aliphatic heterocycles. The summed E-state index contributed by atoms with van der Waals surface area (Å²) in [5, 5.41) is 3.04. The van der Waals surface area contributed by atoms with Crippen LogP contribution in [-0.4, -0.2) is 41.8 Å². The molecule has 1 N–H and O–H groups in total. The van der Waals surface area contributed by atoms with Gasteiger partial charge in [0.25, 0.3) is 5.91 Å². The van der Waals surface area contributed by atoms with Crippen molar-refractivity contribution in [1.82, 2.24) is 15.2 Å². The van der Waals surface area contributed by atoms with Gasteiger partial charge in [0.1, 0.15) is 5.82 Å². The first kappa shape index (κ1) is 20.0. The highest BCUT2D eigenvalue weighted by molar-refractivity contribution is 5.94. The molecule has 0 saturated heterocycles. The lowest BCUT2D eigenvalue weighted by Crippen LogP contribution is -2.47. The Kier molecular flexibility index (Phi) is 5.77. The van der Waals surface area contributed by atoms with Crippen molar-refractivity contribution in [2.45, 2.75) is 38.6 Å². The van der Waals surface area contributed by atoms with E-state index in [2.05, 4.69) is 10.3 Å². The second kappa shape index (κ2) is 8.09. The predicted molar refractivity (Wildman–Crippen MR) is 106 cm³/mol. The number of halogens is 1. The molecule has 1 heterocycles. The number of nitrogens with one attached hydrogen (secondary N) is 1. The maximum absolute atomic E-state index is 13.4. The van der Waals surface area contributed by atoms with Crippen molar-refractivity contribution in [1.29, 1.82) is 0 Å². The van der Waals surface area contributed by atoms with Gasteiger partial charge in [0.2, 0.25) is 5.91 Å². The van der Waals surface area contributed by atoms with E-state index >= 15 is 0 Å². The fraction of sp³-hybridized carbons (Fsp3) is 0.409. The van der Waals surface area contributed by atoms with Gasteiger partial charge >= 0.3 is 0 Å². The van der Waals surface area contributed by atoms with Crippen LogP contribution in [-0.2, 0) is 4.79 Å². The van der Waals surface area contributed by atoms with Crippen LogP contribution in [0.5, 0.6) is 0 Å². The Hall–Kier alpha value is -2.76. The lowest BCUT2D eigenvalue weighted by atomic mass is 9.72. The number of hydrogen-bond acceptors (Lipinski definition) is 3. The summed E-state index contributed by atoms with van der Waals surface area (Å²) in [7, 11) is 3.53. The van der Waals surface area contributed by atoms with Crippen molar-refractivity contribution >= 4 is 11.8 Å². The van der Waals surface area contributed by atoms with Gasteiger partial charge in [-0.1, -0.05) is 25.5 Å². The van der Waals surface area contributed by atoms with Crippen molar-refractivity contribution < 1.29 is 14.0 Å². The third-order valence-corrected chi connectivity index (χ3v) is 5.38. The molecule has 6 heteroatoms. The van der Waals surface area contributed by atoms with Crippen molar-refractivity contribution in [3.8, 4) is 11.3 Å². The zero-order chi connectivity index (χ0) is 20.3. The molecule has 1 aromatic carbocycles. The minimum absolute atomic E-state index is 0.0435. The number of carbonyl (C=O) groups is 2. The Labute approximate surface area is 165 Å². The zero-order valence-corrected chi connectivity index (χ0v) is 16.5. The summed E-state index contributed by atoms with van der Waals surface area (Å²) in [4.78, 5) is 31.0. The molecule has 0 radical (unpaired) electrons. The van der Waals surface area contributed by atoms with Crippen LogP contribution in [0.1, 0.15) is 43.0 Å². The summed E-state index contributed by atoms with van der Waals surface area (Å²) in [6.07, 6.45) is 4.72. The van der Waals surface area contributed by atoms with Gasteiger partial charge in [-0.2, -0.15) is 0 Å². The first-order valence-corrected chi connectivity index (χ1v) is 9.53. The van der Waals surface area contributed by atoms with Crippen LogP contribution in [0.3, 0.4) is 0 Å². The summed E-state index contributed by atoms with van der Waals surface area (Å²) in [5.74, 6) is -0.425. The quantitative estimate of drug-likeness (QED) is 0.877. The predicted octanol–water partition coefficient (Wildman–Crippen LogP) is 3.65. The van der Waals surface area contributed by atoms with Crippen LogP contribution >= 0.6 is 0 Å². The Morgan fingerprint density at radius 2 is 2.04 bits per heavy atom. The van der Waals surface area contributed by atoms with Gasteiger partial charge < -0.3 is 10.2 Å². The normalized spacial score (nSPS) is 21.8. The smallest absolute Gasteiger partial charge is 0.253 e. The zero-order valence-electron chi connectivity index (χ0n) is 16.5. The second-order valence-corrected chi connectivity index (χ2v) is 7.97. The molecule has 28 heavy (non-hydrogen) atoms. The largest absolute Gasteiger partial charge is 0.349 e. The summed E-state index contributed by atoms with van der Waals surface area (Å²) < 4.78 is 13.4. The minimum Gasteiger partial charge on any atom is -0.349 e. The topological polar surface area (TPSA) is 62.3 Å². The molecule has 2 unspecified atom stereocenters. The van der Waals surface area contributed by atoms with Crippen molar-refractivity contribution in [3.63, 3.8) is 0 Å². The van der Waals surface area contributed by atoms with Gasteiger partial charge in [-0.3, -0.25) is 14.6 Å². The first-order valence-electron chi connectivity index (χ1n) is 9.53. The number of carbonyl (C=O) groups excluding carboxylic acids is 2. The van der Waals surface area contributed by atoms with E-state index in [1.165, 1.54) is 18.3 Å². The summed E-state index contributed by atoms with van der Waals surface area (Å²) >= 11 is 0.